The van der Waals surface area contributed by atoms with Crippen LogP contribution in [-0.2, 0) is 11.2 Å². The van der Waals surface area contributed by atoms with Gasteiger partial charge in [-0.15, -0.1) is 0 Å². The molecule has 9 nitrogen and oxygen atoms in total. The molecular formula is C27H29FN4O5. The number of hydrogen-bond acceptors (Lipinski definition) is 5. The first-order chi connectivity index (χ1) is 17.6. The number of carbonyl (C=O) groups is 2. The largest absolute Gasteiger partial charge is 0.393 e. The number of benzene rings is 2. The third-order valence-electron chi connectivity index (χ3n) is 6.31. The zero-order valence-corrected chi connectivity index (χ0v) is 20.3. The molecule has 0 aliphatic heterocycles. The Morgan fingerprint density at radius 1 is 1.08 bits per heavy atom. The summed E-state index contributed by atoms with van der Waals surface area (Å²) in [5.74, 6) is -1.39. The van der Waals surface area contributed by atoms with E-state index < -0.39 is 23.9 Å². The predicted molar refractivity (Wildman–Crippen MR) is 138 cm³/mol. The van der Waals surface area contributed by atoms with Crippen LogP contribution >= 0.6 is 0 Å². The van der Waals surface area contributed by atoms with Crippen LogP contribution in [0.25, 0.3) is 21.8 Å². The summed E-state index contributed by atoms with van der Waals surface area (Å²) in [6.07, 6.45) is -1.69. The Bertz CT molecular complexity index is 1530. The molecule has 2 heterocycles. The van der Waals surface area contributed by atoms with E-state index in [-0.39, 0.29) is 43.7 Å². The number of fused-ring (bicyclic) bond motifs is 2. The van der Waals surface area contributed by atoms with Crippen LogP contribution in [0.1, 0.15) is 46.4 Å². The molecule has 0 fully saturated rings. The van der Waals surface area contributed by atoms with Crippen molar-refractivity contribution in [1.82, 2.24) is 15.3 Å². The maximum atomic E-state index is 14.3. The highest BCUT2D eigenvalue weighted by molar-refractivity contribution is 5.98. The first-order valence-corrected chi connectivity index (χ1v) is 12.0. The van der Waals surface area contributed by atoms with Gasteiger partial charge in [-0.05, 0) is 61.0 Å². The maximum Gasteiger partial charge on any atom is 0.252 e. The molecular weight excluding hydrogens is 479 g/mol. The summed E-state index contributed by atoms with van der Waals surface area (Å²) in [5, 5.41) is 23.6. The van der Waals surface area contributed by atoms with Gasteiger partial charge in [-0.2, -0.15) is 0 Å². The highest BCUT2D eigenvalue weighted by Crippen LogP contribution is 2.22. The summed E-state index contributed by atoms with van der Waals surface area (Å²) >= 11 is 0. The SMILES string of the molecule is Cc1ccc(F)c2cc(Cc3cc4ccc(C(=O)NCCC(O)CC(O)CC(N)=O)cc4[nH]3)c(=O)[nH]c12. The summed E-state index contributed by atoms with van der Waals surface area (Å²) in [6.45, 7) is 1.99. The van der Waals surface area contributed by atoms with Crippen molar-refractivity contribution in [2.24, 2.45) is 5.73 Å². The van der Waals surface area contributed by atoms with Crippen LogP contribution in [-0.4, -0.2) is 50.7 Å². The average molecular weight is 509 g/mol. The van der Waals surface area contributed by atoms with E-state index in [0.29, 0.717) is 27.5 Å². The number of amides is 2. The molecule has 10 heteroatoms. The lowest BCUT2D eigenvalue weighted by molar-refractivity contribution is -0.120. The molecule has 2 atom stereocenters. The summed E-state index contributed by atoms with van der Waals surface area (Å²) in [7, 11) is 0. The Labute approximate surface area is 211 Å². The summed E-state index contributed by atoms with van der Waals surface area (Å²) in [4.78, 5) is 42.0. The number of aromatic amines is 2. The van der Waals surface area contributed by atoms with Crippen molar-refractivity contribution in [1.29, 1.82) is 0 Å². The molecule has 4 aromatic rings. The van der Waals surface area contributed by atoms with Gasteiger partial charge < -0.3 is 31.2 Å². The van der Waals surface area contributed by atoms with Gasteiger partial charge in [-0.1, -0.05) is 12.1 Å². The van der Waals surface area contributed by atoms with Gasteiger partial charge in [0.15, 0.2) is 0 Å². The fraction of sp³-hybridized carbons (Fsp3) is 0.296. The van der Waals surface area contributed by atoms with Gasteiger partial charge in [0.25, 0.3) is 11.5 Å². The van der Waals surface area contributed by atoms with Crippen molar-refractivity contribution in [3.63, 3.8) is 0 Å². The van der Waals surface area contributed by atoms with Crippen LogP contribution in [0, 0.1) is 12.7 Å². The molecule has 0 aliphatic rings. The number of hydrogen-bond donors (Lipinski definition) is 6. The van der Waals surface area contributed by atoms with E-state index in [9.17, 15) is 29.0 Å². The Balaban J connectivity index is 1.42. The minimum Gasteiger partial charge on any atom is -0.393 e. The zero-order chi connectivity index (χ0) is 26.7. The number of aliphatic hydroxyl groups is 2. The number of aryl methyl sites for hydroxylation is 1. The minimum absolute atomic E-state index is 0.0116. The van der Waals surface area contributed by atoms with Crippen molar-refractivity contribution in [2.75, 3.05) is 6.54 Å². The normalized spacial score (nSPS) is 13.1. The Morgan fingerprint density at radius 3 is 2.62 bits per heavy atom. The fourth-order valence-electron chi connectivity index (χ4n) is 4.41. The second kappa shape index (κ2) is 10.9. The molecule has 37 heavy (non-hydrogen) atoms. The lowest BCUT2D eigenvalue weighted by Crippen LogP contribution is -2.29. The van der Waals surface area contributed by atoms with E-state index in [1.807, 2.05) is 13.0 Å². The van der Waals surface area contributed by atoms with E-state index in [1.165, 1.54) is 6.07 Å². The lowest BCUT2D eigenvalue weighted by Gasteiger charge is -2.14. The Kier molecular flexibility index (Phi) is 7.70. The van der Waals surface area contributed by atoms with Gasteiger partial charge >= 0.3 is 0 Å². The number of pyridine rings is 1. The summed E-state index contributed by atoms with van der Waals surface area (Å²) in [5.41, 5.74) is 8.27. The number of nitrogens with one attached hydrogen (secondary N) is 3. The van der Waals surface area contributed by atoms with Crippen LogP contribution in [0.2, 0.25) is 0 Å². The molecule has 0 aliphatic carbocycles. The van der Waals surface area contributed by atoms with Crippen LogP contribution in [0.5, 0.6) is 0 Å². The monoisotopic (exact) mass is 508 g/mol. The molecule has 0 saturated heterocycles. The topological polar surface area (TPSA) is 161 Å². The molecule has 0 bridgehead atoms. The number of halogens is 1. The fourth-order valence-corrected chi connectivity index (χ4v) is 4.41. The number of aliphatic hydroxyl groups excluding tert-OH is 2. The van der Waals surface area contributed by atoms with E-state index in [2.05, 4.69) is 15.3 Å². The molecule has 0 radical (unpaired) electrons. The highest BCUT2D eigenvalue weighted by Gasteiger charge is 2.15. The number of carbonyl (C=O) groups excluding carboxylic acids is 2. The third-order valence-corrected chi connectivity index (χ3v) is 6.31. The Hall–Kier alpha value is -4.02. The van der Waals surface area contributed by atoms with E-state index in [4.69, 9.17) is 5.73 Å². The van der Waals surface area contributed by atoms with Crippen molar-refractivity contribution in [3.05, 3.63) is 81.0 Å². The van der Waals surface area contributed by atoms with Crippen LogP contribution in [0.4, 0.5) is 4.39 Å². The molecule has 4 rings (SSSR count). The quantitative estimate of drug-likeness (QED) is 0.193. The van der Waals surface area contributed by atoms with Gasteiger partial charge in [0.2, 0.25) is 5.91 Å². The minimum atomic E-state index is -1.03. The maximum absolute atomic E-state index is 14.3. The number of aromatic nitrogens is 2. The molecule has 2 aromatic heterocycles. The standard InChI is InChI=1S/C27H29FN4O5/c1-14-2-5-22(28)21-10-17(27(37)32-25(14)21)9-18-8-15-3-4-16(11-23(15)31-18)26(36)30-7-6-19(33)12-20(34)13-24(29)35/h2-5,8,10-11,19-20,31,33-34H,6-7,9,12-13H2,1H3,(H2,29,35)(H,30,36)(H,32,37). The van der Waals surface area contributed by atoms with Crippen molar-refractivity contribution < 1.29 is 24.2 Å². The lowest BCUT2D eigenvalue weighted by atomic mass is 10.1. The van der Waals surface area contributed by atoms with Gasteiger partial charge in [0.05, 0.1) is 24.1 Å². The molecule has 194 valence electrons. The van der Waals surface area contributed by atoms with Crippen LogP contribution in [0.3, 0.4) is 0 Å². The average Bonchev–Trinajstić information content (AvgIpc) is 3.23. The second-order valence-electron chi connectivity index (χ2n) is 9.31. The van der Waals surface area contributed by atoms with Gasteiger partial charge in [-0.3, -0.25) is 14.4 Å². The van der Waals surface area contributed by atoms with Gasteiger partial charge in [0, 0.05) is 40.7 Å². The number of H-pyrrole nitrogens is 2. The number of primary amides is 1. The first-order valence-electron chi connectivity index (χ1n) is 12.0. The molecule has 2 aromatic carbocycles. The Morgan fingerprint density at radius 2 is 1.86 bits per heavy atom. The molecule has 2 amide bonds. The molecule has 0 spiro atoms. The molecule has 0 saturated carbocycles. The van der Waals surface area contributed by atoms with Crippen molar-refractivity contribution in [2.45, 2.75) is 44.8 Å². The molecule has 2 unspecified atom stereocenters. The first kappa shape index (κ1) is 26.1. The zero-order valence-electron chi connectivity index (χ0n) is 20.3. The smallest absolute Gasteiger partial charge is 0.252 e. The van der Waals surface area contributed by atoms with Crippen molar-refractivity contribution in [3.8, 4) is 0 Å². The summed E-state index contributed by atoms with van der Waals surface area (Å²) in [6, 6.07) is 11.6. The number of rotatable bonds is 10. The van der Waals surface area contributed by atoms with Gasteiger partial charge in [-0.25, -0.2) is 4.39 Å². The number of nitrogens with two attached hydrogens (primary N) is 1. The predicted octanol–water partition coefficient (Wildman–Crippen LogP) is 2.15. The summed E-state index contributed by atoms with van der Waals surface area (Å²) < 4.78 is 14.3. The molecule has 7 N–H and O–H groups in total. The van der Waals surface area contributed by atoms with Crippen LogP contribution in [0.15, 0.2) is 47.3 Å². The van der Waals surface area contributed by atoms with E-state index in [0.717, 1.165) is 16.6 Å². The van der Waals surface area contributed by atoms with Crippen molar-refractivity contribution >= 4 is 33.6 Å². The van der Waals surface area contributed by atoms with Crippen LogP contribution < -0.4 is 16.6 Å². The van der Waals surface area contributed by atoms with E-state index in [1.54, 1.807) is 30.3 Å². The second-order valence-corrected chi connectivity index (χ2v) is 9.31. The third kappa shape index (κ3) is 6.22. The highest BCUT2D eigenvalue weighted by atomic mass is 19.1. The van der Waals surface area contributed by atoms with E-state index >= 15 is 0 Å². The van der Waals surface area contributed by atoms with Gasteiger partial charge in [0.1, 0.15) is 5.82 Å².